The van der Waals surface area contributed by atoms with Crippen molar-refractivity contribution in [3.8, 4) is 5.75 Å². The third-order valence-corrected chi connectivity index (χ3v) is 6.41. The van der Waals surface area contributed by atoms with Gasteiger partial charge in [0.2, 0.25) is 10.0 Å². The number of benzene rings is 2. The first-order valence-electron chi connectivity index (χ1n) is 9.52. The summed E-state index contributed by atoms with van der Waals surface area (Å²) in [7, 11) is -3.54. The molecule has 0 aliphatic carbocycles. The van der Waals surface area contributed by atoms with Crippen molar-refractivity contribution in [1.82, 2.24) is 5.32 Å². The monoisotopic (exact) mass is 436 g/mol. The van der Waals surface area contributed by atoms with Crippen molar-refractivity contribution in [2.45, 2.75) is 38.8 Å². The number of ether oxygens (including phenoxy) is 1. The van der Waals surface area contributed by atoms with Gasteiger partial charge in [0, 0.05) is 18.0 Å². The number of nitrogens with one attached hydrogen (secondary N) is 1. The van der Waals surface area contributed by atoms with Crippen LogP contribution >= 0.6 is 11.6 Å². The molecule has 1 amide bonds. The van der Waals surface area contributed by atoms with Crippen LogP contribution in [0.15, 0.2) is 42.5 Å². The molecule has 0 aromatic heterocycles. The Hall–Kier alpha value is -2.25. The Labute approximate surface area is 176 Å². The van der Waals surface area contributed by atoms with E-state index >= 15 is 0 Å². The number of hydrogen-bond donors (Lipinski definition) is 1. The normalized spacial score (nSPS) is 17.7. The molecule has 1 heterocycles. The first-order chi connectivity index (χ1) is 13.7. The molecule has 0 saturated heterocycles. The van der Waals surface area contributed by atoms with Gasteiger partial charge in [0.15, 0.2) is 6.10 Å². The number of halogens is 1. The third-order valence-electron chi connectivity index (χ3n) is 4.99. The highest BCUT2D eigenvalue weighted by Crippen LogP contribution is 2.36. The number of rotatable bonds is 5. The molecule has 1 N–H and O–H groups in total. The lowest BCUT2D eigenvalue weighted by molar-refractivity contribution is -0.128. The van der Waals surface area contributed by atoms with Crippen molar-refractivity contribution in [3.63, 3.8) is 0 Å². The van der Waals surface area contributed by atoms with Crippen molar-refractivity contribution >= 4 is 33.2 Å². The number of nitrogens with zero attached hydrogens (tertiary/aromatic N) is 1. The number of amides is 1. The minimum absolute atomic E-state index is 0.129. The fourth-order valence-electron chi connectivity index (χ4n) is 3.31. The Morgan fingerprint density at radius 1 is 1.28 bits per heavy atom. The van der Waals surface area contributed by atoms with E-state index in [4.69, 9.17) is 16.3 Å². The Morgan fingerprint density at radius 3 is 2.59 bits per heavy atom. The van der Waals surface area contributed by atoms with Crippen molar-refractivity contribution in [3.05, 3.63) is 58.6 Å². The second kappa shape index (κ2) is 8.63. The van der Waals surface area contributed by atoms with E-state index in [1.165, 1.54) is 15.9 Å². The topological polar surface area (TPSA) is 75.7 Å². The number of fused-ring (bicyclic) bond motifs is 1. The Kier molecular flexibility index (Phi) is 6.39. The molecule has 0 unspecified atom stereocenters. The van der Waals surface area contributed by atoms with Crippen LogP contribution in [0.3, 0.4) is 0 Å². The largest absolute Gasteiger partial charge is 0.478 e. The van der Waals surface area contributed by atoms with Gasteiger partial charge in [-0.15, -0.1) is 0 Å². The van der Waals surface area contributed by atoms with Gasteiger partial charge in [-0.25, -0.2) is 8.42 Å². The molecule has 29 heavy (non-hydrogen) atoms. The standard InChI is InChI=1S/C21H25ClN2O4S/c1-4-15-5-7-16(8-6-15)14(2)23-21(25)20-11-12-24(29(3,26)27)18-13-17(22)9-10-19(18)28-20/h5-10,13-14,20H,4,11-12H2,1-3H3,(H,23,25)/t14-,20-/m0/s1. The summed E-state index contributed by atoms with van der Waals surface area (Å²) in [5.41, 5.74) is 2.57. The molecule has 2 atom stereocenters. The molecule has 2 aromatic rings. The van der Waals surface area contributed by atoms with E-state index in [0.717, 1.165) is 18.2 Å². The molecular formula is C21H25ClN2O4S. The van der Waals surface area contributed by atoms with Gasteiger partial charge in [0.1, 0.15) is 5.75 Å². The van der Waals surface area contributed by atoms with Gasteiger partial charge in [-0.2, -0.15) is 0 Å². The van der Waals surface area contributed by atoms with Crippen molar-refractivity contribution in [2.75, 3.05) is 17.1 Å². The van der Waals surface area contributed by atoms with Crippen molar-refractivity contribution in [1.29, 1.82) is 0 Å². The molecule has 0 saturated carbocycles. The molecular weight excluding hydrogens is 412 g/mol. The van der Waals surface area contributed by atoms with Crippen LogP contribution in [0.5, 0.6) is 5.75 Å². The zero-order chi connectivity index (χ0) is 21.2. The van der Waals surface area contributed by atoms with Gasteiger partial charge in [0.25, 0.3) is 5.91 Å². The van der Waals surface area contributed by atoms with Crippen LogP contribution in [0.1, 0.15) is 37.4 Å². The van der Waals surface area contributed by atoms with Crippen LogP contribution in [0, 0.1) is 0 Å². The Bertz CT molecular complexity index is 992. The summed E-state index contributed by atoms with van der Waals surface area (Å²) in [4.78, 5) is 12.9. The van der Waals surface area contributed by atoms with Crippen molar-refractivity contribution in [2.24, 2.45) is 0 Å². The average Bonchev–Trinajstić information content (AvgIpc) is 2.87. The van der Waals surface area contributed by atoms with Gasteiger partial charge in [-0.1, -0.05) is 42.8 Å². The molecule has 1 aliphatic heterocycles. The molecule has 156 valence electrons. The summed E-state index contributed by atoms with van der Waals surface area (Å²) in [5.74, 6) is 0.0331. The fourth-order valence-corrected chi connectivity index (χ4v) is 4.42. The van der Waals surface area contributed by atoms with E-state index < -0.39 is 16.1 Å². The van der Waals surface area contributed by atoms with E-state index in [-0.39, 0.29) is 24.9 Å². The molecule has 6 nitrogen and oxygen atoms in total. The Morgan fingerprint density at radius 2 is 1.97 bits per heavy atom. The number of hydrogen-bond acceptors (Lipinski definition) is 4. The maximum absolute atomic E-state index is 12.9. The zero-order valence-electron chi connectivity index (χ0n) is 16.7. The summed E-state index contributed by atoms with van der Waals surface area (Å²) in [6, 6.07) is 12.6. The minimum Gasteiger partial charge on any atom is -0.478 e. The second-order valence-electron chi connectivity index (χ2n) is 7.17. The fraction of sp³-hybridized carbons (Fsp3) is 0.381. The smallest absolute Gasteiger partial charge is 0.261 e. The average molecular weight is 437 g/mol. The van der Waals surface area contributed by atoms with Crippen LogP contribution in [0.25, 0.3) is 0 Å². The van der Waals surface area contributed by atoms with Crippen LogP contribution in [0.2, 0.25) is 5.02 Å². The first kappa shape index (κ1) is 21.5. The quantitative estimate of drug-likeness (QED) is 0.775. The van der Waals surface area contributed by atoms with E-state index in [9.17, 15) is 13.2 Å². The minimum atomic E-state index is -3.54. The van der Waals surface area contributed by atoms with Gasteiger partial charge in [0.05, 0.1) is 18.0 Å². The SMILES string of the molecule is CCc1ccc([C@H](C)NC(=O)[C@@H]2CCN(S(C)(=O)=O)c3cc(Cl)ccc3O2)cc1. The highest BCUT2D eigenvalue weighted by molar-refractivity contribution is 7.92. The second-order valence-corrected chi connectivity index (χ2v) is 9.51. The van der Waals surface area contributed by atoms with E-state index in [1.54, 1.807) is 12.1 Å². The zero-order valence-corrected chi connectivity index (χ0v) is 18.3. The summed E-state index contributed by atoms with van der Waals surface area (Å²) in [6.45, 7) is 4.13. The lowest BCUT2D eigenvalue weighted by Gasteiger charge is -2.21. The molecule has 0 spiro atoms. The predicted molar refractivity (Wildman–Crippen MR) is 115 cm³/mol. The molecule has 0 fully saturated rings. The maximum atomic E-state index is 12.9. The number of carbonyl (C=O) groups excluding carboxylic acids is 1. The van der Waals surface area contributed by atoms with Crippen LogP contribution in [-0.2, 0) is 21.2 Å². The molecule has 8 heteroatoms. The summed E-state index contributed by atoms with van der Waals surface area (Å²) in [6.07, 6.45) is 1.50. The van der Waals surface area contributed by atoms with E-state index in [2.05, 4.69) is 12.2 Å². The number of aryl methyl sites for hydroxylation is 1. The first-order valence-corrected chi connectivity index (χ1v) is 11.7. The summed E-state index contributed by atoms with van der Waals surface area (Å²) >= 11 is 6.05. The van der Waals surface area contributed by atoms with Gasteiger partial charge < -0.3 is 10.1 Å². The van der Waals surface area contributed by atoms with Gasteiger partial charge >= 0.3 is 0 Å². The highest BCUT2D eigenvalue weighted by atomic mass is 35.5. The summed E-state index contributed by atoms with van der Waals surface area (Å²) in [5, 5.41) is 3.37. The van der Waals surface area contributed by atoms with E-state index in [0.29, 0.717) is 16.5 Å². The lowest BCUT2D eigenvalue weighted by atomic mass is 10.0. The molecule has 3 rings (SSSR count). The van der Waals surface area contributed by atoms with Gasteiger partial charge in [-0.05, 0) is 42.7 Å². The maximum Gasteiger partial charge on any atom is 0.261 e. The summed E-state index contributed by atoms with van der Waals surface area (Å²) < 4.78 is 31.6. The Balaban J connectivity index is 1.79. The molecule has 2 aromatic carbocycles. The van der Waals surface area contributed by atoms with Crippen LogP contribution in [-0.4, -0.2) is 33.2 Å². The number of anilines is 1. The van der Waals surface area contributed by atoms with Gasteiger partial charge in [-0.3, -0.25) is 9.10 Å². The molecule has 0 bridgehead atoms. The molecule has 0 radical (unpaired) electrons. The van der Waals surface area contributed by atoms with Crippen LogP contribution in [0.4, 0.5) is 5.69 Å². The van der Waals surface area contributed by atoms with Crippen LogP contribution < -0.4 is 14.4 Å². The molecule has 1 aliphatic rings. The van der Waals surface area contributed by atoms with Crippen molar-refractivity contribution < 1.29 is 17.9 Å². The van der Waals surface area contributed by atoms with E-state index in [1.807, 2.05) is 31.2 Å². The third kappa shape index (κ3) is 5.03. The predicted octanol–water partition coefficient (Wildman–Crippen LogP) is 3.70. The highest BCUT2D eigenvalue weighted by Gasteiger charge is 2.32. The lowest BCUT2D eigenvalue weighted by Crippen LogP contribution is -2.40. The number of carbonyl (C=O) groups is 1. The number of sulfonamides is 1.